The van der Waals surface area contributed by atoms with Crippen molar-refractivity contribution in [1.29, 1.82) is 0 Å². The fourth-order valence-electron chi connectivity index (χ4n) is 2.29. The number of H-pyrrole nitrogens is 1. The third-order valence-corrected chi connectivity index (χ3v) is 3.55. The van der Waals surface area contributed by atoms with E-state index >= 15 is 0 Å². The summed E-state index contributed by atoms with van der Waals surface area (Å²) in [5.74, 6) is -1.09. The van der Waals surface area contributed by atoms with Crippen molar-refractivity contribution in [2.75, 3.05) is 5.32 Å². The molecule has 3 aromatic rings. The number of carbonyl (C=O) groups is 1. The number of amides is 1. The lowest BCUT2D eigenvalue weighted by Crippen LogP contribution is -2.37. The Morgan fingerprint density at radius 3 is 2.36 bits per heavy atom. The Morgan fingerprint density at radius 1 is 1.04 bits per heavy atom. The van der Waals surface area contributed by atoms with Gasteiger partial charge in [-0.15, -0.1) is 0 Å². The molecule has 3 rings (SSSR count). The zero-order valence-electron chi connectivity index (χ0n) is 13.0. The molecule has 0 unspecified atom stereocenters. The van der Waals surface area contributed by atoms with Crippen LogP contribution in [0.3, 0.4) is 0 Å². The van der Waals surface area contributed by atoms with Gasteiger partial charge in [-0.1, -0.05) is 30.3 Å². The van der Waals surface area contributed by atoms with Crippen LogP contribution in [-0.2, 0) is 6.54 Å². The van der Waals surface area contributed by atoms with Crippen LogP contribution in [0.15, 0.2) is 70.3 Å². The standard InChI is InChI=1S/C18H14FN3O3/c19-13-6-8-14(9-7-13)20-17(24)15-10-16(23)22(18(25)21-15)11-12-4-2-1-3-5-12/h1-10H,11H2,(H,20,24)(H,21,25). The molecule has 2 aromatic carbocycles. The number of nitrogens with zero attached hydrogens (tertiary/aromatic N) is 1. The number of anilines is 1. The first kappa shape index (κ1) is 16.4. The maximum atomic E-state index is 12.9. The maximum absolute atomic E-state index is 12.9. The largest absolute Gasteiger partial charge is 0.329 e. The Bertz CT molecular complexity index is 977. The second-order valence-electron chi connectivity index (χ2n) is 5.36. The highest BCUT2D eigenvalue weighted by Crippen LogP contribution is 2.09. The molecule has 0 saturated heterocycles. The molecule has 0 radical (unpaired) electrons. The number of benzene rings is 2. The van der Waals surface area contributed by atoms with Gasteiger partial charge in [0.1, 0.15) is 11.5 Å². The van der Waals surface area contributed by atoms with Crippen molar-refractivity contribution in [3.05, 3.63) is 98.6 Å². The van der Waals surface area contributed by atoms with Gasteiger partial charge in [0.15, 0.2) is 0 Å². The molecule has 7 heteroatoms. The Kier molecular flexibility index (Phi) is 4.56. The Labute approximate surface area is 141 Å². The van der Waals surface area contributed by atoms with Gasteiger partial charge in [-0.2, -0.15) is 0 Å². The van der Waals surface area contributed by atoms with E-state index in [1.807, 2.05) is 6.07 Å². The maximum Gasteiger partial charge on any atom is 0.329 e. The van der Waals surface area contributed by atoms with Crippen molar-refractivity contribution in [2.24, 2.45) is 0 Å². The molecule has 0 saturated carbocycles. The topological polar surface area (TPSA) is 84.0 Å². The van der Waals surface area contributed by atoms with Gasteiger partial charge < -0.3 is 10.3 Å². The van der Waals surface area contributed by atoms with Crippen LogP contribution < -0.4 is 16.6 Å². The van der Waals surface area contributed by atoms with E-state index in [0.717, 1.165) is 16.2 Å². The zero-order chi connectivity index (χ0) is 17.8. The molecular weight excluding hydrogens is 325 g/mol. The number of aromatic nitrogens is 2. The van der Waals surface area contributed by atoms with Crippen LogP contribution in [0.25, 0.3) is 0 Å². The molecule has 0 spiro atoms. The summed E-state index contributed by atoms with van der Waals surface area (Å²) in [4.78, 5) is 38.9. The van der Waals surface area contributed by atoms with Crippen molar-refractivity contribution in [2.45, 2.75) is 6.54 Å². The van der Waals surface area contributed by atoms with E-state index in [-0.39, 0.29) is 12.2 Å². The number of hydrogen-bond donors (Lipinski definition) is 2. The fourth-order valence-corrected chi connectivity index (χ4v) is 2.29. The van der Waals surface area contributed by atoms with Crippen LogP contribution >= 0.6 is 0 Å². The minimum Gasteiger partial charge on any atom is -0.321 e. The van der Waals surface area contributed by atoms with Crippen molar-refractivity contribution in [1.82, 2.24) is 9.55 Å². The minimum absolute atomic E-state index is 0.106. The lowest BCUT2D eigenvalue weighted by molar-refractivity contribution is 0.102. The van der Waals surface area contributed by atoms with Crippen LogP contribution in [-0.4, -0.2) is 15.5 Å². The van der Waals surface area contributed by atoms with Crippen molar-refractivity contribution < 1.29 is 9.18 Å². The Morgan fingerprint density at radius 2 is 1.72 bits per heavy atom. The predicted molar refractivity (Wildman–Crippen MR) is 91.2 cm³/mol. The van der Waals surface area contributed by atoms with Crippen molar-refractivity contribution >= 4 is 11.6 Å². The summed E-state index contributed by atoms with van der Waals surface area (Å²) in [5, 5.41) is 2.49. The molecule has 0 bridgehead atoms. The number of hydrogen-bond acceptors (Lipinski definition) is 3. The van der Waals surface area contributed by atoms with E-state index < -0.39 is 23.0 Å². The number of aromatic amines is 1. The highest BCUT2D eigenvalue weighted by atomic mass is 19.1. The molecule has 0 aliphatic carbocycles. The molecule has 1 aromatic heterocycles. The van der Waals surface area contributed by atoms with Gasteiger partial charge in [0.25, 0.3) is 11.5 Å². The molecule has 25 heavy (non-hydrogen) atoms. The quantitative estimate of drug-likeness (QED) is 0.762. The van der Waals surface area contributed by atoms with Crippen LogP contribution in [0.2, 0.25) is 0 Å². The smallest absolute Gasteiger partial charge is 0.321 e. The van der Waals surface area contributed by atoms with E-state index in [1.54, 1.807) is 24.3 Å². The van der Waals surface area contributed by atoms with E-state index in [9.17, 15) is 18.8 Å². The molecule has 6 nitrogen and oxygen atoms in total. The average molecular weight is 339 g/mol. The zero-order valence-corrected chi connectivity index (χ0v) is 13.0. The second kappa shape index (κ2) is 6.96. The molecule has 0 atom stereocenters. The van der Waals surface area contributed by atoms with Gasteiger partial charge >= 0.3 is 5.69 Å². The summed E-state index contributed by atoms with van der Waals surface area (Å²) >= 11 is 0. The van der Waals surface area contributed by atoms with Crippen LogP contribution in [0.5, 0.6) is 0 Å². The number of rotatable bonds is 4. The van der Waals surface area contributed by atoms with Crippen molar-refractivity contribution in [3.8, 4) is 0 Å². The third-order valence-electron chi connectivity index (χ3n) is 3.55. The third kappa shape index (κ3) is 3.89. The van der Waals surface area contributed by atoms with E-state index in [0.29, 0.717) is 5.69 Å². The predicted octanol–water partition coefficient (Wildman–Crippen LogP) is 1.98. The molecule has 126 valence electrons. The van der Waals surface area contributed by atoms with Crippen molar-refractivity contribution in [3.63, 3.8) is 0 Å². The number of halogens is 1. The minimum atomic E-state index is -0.680. The molecule has 0 fully saturated rings. The molecule has 1 amide bonds. The van der Waals surface area contributed by atoms with E-state index in [4.69, 9.17) is 0 Å². The fraction of sp³-hybridized carbons (Fsp3) is 0.0556. The first-order valence-electron chi connectivity index (χ1n) is 7.48. The van der Waals surface area contributed by atoms with Gasteiger partial charge in [0, 0.05) is 11.8 Å². The van der Waals surface area contributed by atoms with Crippen LogP contribution in [0, 0.1) is 5.82 Å². The van der Waals surface area contributed by atoms with Crippen LogP contribution in [0.4, 0.5) is 10.1 Å². The first-order chi connectivity index (χ1) is 12.0. The summed E-state index contributed by atoms with van der Waals surface area (Å²) in [6, 6.07) is 15.2. The average Bonchev–Trinajstić information content (AvgIpc) is 2.61. The summed E-state index contributed by atoms with van der Waals surface area (Å²) in [7, 11) is 0. The normalized spacial score (nSPS) is 10.4. The molecule has 0 aliphatic heterocycles. The molecule has 1 heterocycles. The molecule has 0 aliphatic rings. The number of nitrogens with one attached hydrogen (secondary N) is 2. The van der Waals surface area contributed by atoms with E-state index in [1.165, 1.54) is 24.3 Å². The highest BCUT2D eigenvalue weighted by molar-refractivity contribution is 6.02. The van der Waals surface area contributed by atoms with Gasteiger partial charge in [0.05, 0.1) is 6.54 Å². The summed E-state index contributed by atoms with van der Waals surface area (Å²) in [6.07, 6.45) is 0. The first-order valence-corrected chi connectivity index (χ1v) is 7.48. The van der Waals surface area contributed by atoms with Gasteiger partial charge in [-0.25, -0.2) is 9.18 Å². The Hall–Kier alpha value is -3.48. The van der Waals surface area contributed by atoms with Crippen LogP contribution in [0.1, 0.15) is 16.1 Å². The van der Waals surface area contributed by atoms with Gasteiger partial charge in [-0.3, -0.25) is 14.2 Å². The highest BCUT2D eigenvalue weighted by Gasteiger charge is 2.12. The summed E-state index contributed by atoms with van der Waals surface area (Å²) in [5.41, 5.74) is -0.291. The van der Waals surface area contributed by atoms with E-state index in [2.05, 4.69) is 10.3 Å². The lowest BCUT2D eigenvalue weighted by Gasteiger charge is -2.08. The summed E-state index contributed by atoms with van der Waals surface area (Å²) < 4.78 is 13.9. The van der Waals surface area contributed by atoms with Gasteiger partial charge in [-0.05, 0) is 29.8 Å². The van der Waals surface area contributed by atoms with Gasteiger partial charge in [0.2, 0.25) is 0 Å². The Balaban J connectivity index is 1.84. The molecule has 2 N–H and O–H groups in total. The lowest BCUT2D eigenvalue weighted by atomic mass is 10.2. The second-order valence-corrected chi connectivity index (χ2v) is 5.36. The summed E-state index contributed by atoms with van der Waals surface area (Å²) in [6.45, 7) is 0.106. The number of carbonyl (C=O) groups excluding carboxylic acids is 1. The SMILES string of the molecule is O=C(Nc1ccc(F)cc1)c1cc(=O)n(Cc2ccccc2)c(=O)[nH]1. The monoisotopic (exact) mass is 339 g/mol. The molecular formula is C18H14FN3O3.